The van der Waals surface area contributed by atoms with Crippen LogP contribution < -0.4 is 29.6 Å². The van der Waals surface area contributed by atoms with E-state index in [2.05, 4.69) is 24.1 Å². The standard InChI is InChI=1S/C23H46O4S.Na/c1-3-5-7-9-10-11-12-13-14-15-17-19-21-23(22-27-28(24,25)26)20-18-16-8-6-4-2;/h18,20,23H,3-17,19,21-22H2,1-2H3,(H,24,25,26);/q;+1/p-1/b20-18+;. The summed E-state index contributed by atoms with van der Waals surface area (Å²) >= 11 is 0. The molecule has 29 heavy (non-hydrogen) atoms. The van der Waals surface area contributed by atoms with Crippen LogP contribution in [0.15, 0.2) is 12.2 Å². The van der Waals surface area contributed by atoms with Gasteiger partial charge in [-0.2, -0.15) is 0 Å². The van der Waals surface area contributed by atoms with E-state index < -0.39 is 10.4 Å². The van der Waals surface area contributed by atoms with E-state index in [1.165, 1.54) is 83.5 Å². The van der Waals surface area contributed by atoms with E-state index in [9.17, 15) is 13.0 Å². The minimum absolute atomic E-state index is 0. The maximum atomic E-state index is 10.7. The van der Waals surface area contributed by atoms with Crippen molar-refractivity contribution in [2.45, 2.75) is 123 Å². The Morgan fingerprint density at radius 2 is 1.21 bits per heavy atom. The van der Waals surface area contributed by atoms with Crippen molar-refractivity contribution < 1.29 is 46.7 Å². The molecule has 0 spiro atoms. The third-order valence-corrected chi connectivity index (χ3v) is 5.66. The van der Waals surface area contributed by atoms with E-state index in [1.807, 2.05) is 6.08 Å². The maximum Gasteiger partial charge on any atom is 1.00 e. The van der Waals surface area contributed by atoms with Gasteiger partial charge in [-0.3, -0.25) is 4.18 Å². The molecule has 0 rings (SSSR count). The van der Waals surface area contributed by atoms with Crippen molar-refractivity contribution in [2.75, 3.05) is 6.61 Å². The number of rotatable bonds is 21. The molecule has 0 aliphatic carbocycles. The molecule has 168 valence electrons. The first kappa shape index (κ1) is 31.8. The molecule has 0 heterocycles. The van der Waals surface area contributed by atoms with Gasteiger partial charge >= 0.3 is 29.6 Å². The minimum Gasteiger partial charge on any atom is -0.726 e. The second-order valence-corrected chi connectivity index (χ2v) is 9.11. The van der Waals surface area contributed by atoms with Gasteiger partial charge in [0.25, 0.3) is 0 Å². The van der Waals surface area contributed by atoms with Gasteiger partial charge in [-0.25, -0.2) is 8.42 Å². The first-order valence-electron chi connectivity index (χ1n) is 11.8. The Kier molecular flexibility index (Phi) is 25.5. The van der Waals surface area contributed by atoms with Crippen molar-refractivity contribution in [2.24, 2.45) is 5.92 Å². The Bertz CT molecular complexity index is 452. The average molecular weight is 441 g/mol. The molecule has 0 N–H and O–H groups in total. The maximum absolute atomic E-state index is 10.7. The van der Waals surface area contributed by atoms with Crippen molar-refractivity contribution in [1.82, 2.24) is 0 Å². The Balaban J connectivity index is 0. The number of allylic oxidation sites excluding steroid dienone is 1. The summed E-state index contributed by atoms with van der Waals surface area (Å²) in [6.07, 6.45) is 25.3. The van der Waals surface area contributed by atoms with E-state index in [0.717, 1.165) is 25.7 Å². The summed E-state index contributed by atoms with van der Waals surface area (Å²) in [5, 5.41) is 0. The van der Waals surface area contributed by atoms with Gasteiger partial charge in [0.2, 0.25) is 10.4 Å². The monoisotopic (exact) mass is 440 g/mol. The summed E-state index contributed by atoms with van der Waals surface area (Å²) in [6, 6.07) is 0. The van der Waals surface area contributed by atoms with Gasteiger partial charge < -0.3 is 4.55 Å². The van der Waals surface area contributed by atoms with Crippen molar-refractivity contribution in [3.63, 3.8) is 0 Å². The minimum atomic E-state index is -4.60. The molecule has 0 radical (unpaired) electrons. The summed E-state index contributed by atoms with van der Waals surface area (Å²) in [4.78, 5) is 0. The fourth-order valence-corrected chi connectivity index (χ4v) is 3.80. The molecule has 4 nitrogen and oxygen atoms in total. The number of unbranched alkanes of at least 4 members (excludes halogenated alkanes) is 14. The number of hydrogen-bond donors (Lipinski definition) is 0. The van der Waals surface area contributed by atoms with Gasteiger partial charge in [-0.1, -0.05) is 116 Å². The topological polar surface area (TPSA) is 66.4 Å². The Morgan fingerprint density at radius 3 is 1.69 bits per heavy atom. The first-order chi connectivity index (χ1) is 13.5. The van der Waals surface area contributed by atoms with Gasteiger partial charge in [0.1, 0.15) is 0 Å². The average Bonchev–Trinajstić information content (AvgIpc) is 2.65. The van der Waals surface area contributed by atoms with E-state index in [0.29, 0.717) is 0 Å². The Morgan fingerprint density at radius 1 is 0.759 bits per heavy atom. The second-order valence-electron chi connectivity index (χ2n) is 8.05. The molecule has 0 bridgehead atoms. The summed E-state index contributed by atoms with van der Waals surface area (Å²) in [5.41, 5.74) is 0. The molecule has 0 aliphatic rings. The van der Waals surface area contributed by atoms with Gasteiger partial charge in [0.05, 0.1) is 6.61 Å². The zero-order valence-corrected chi connectivity index (χ0v) is 22.3. The second kappa shape index (κ2) is 23.3. The summed E-state index contributed by atoms with van der Waals surface area (Å²) in [5.74, 6) is 0.0217. The largest absolute Gasteiger partial charge is 1.00 e. The van der Waals surface area contributed by atoms with E-state index in [4.69, 9.17) is 0 Å². The van der Waals surface area contributed by atoms with Gasteiger partial charge in [-0.15, -0.1) is 0 Å². The molecule has 0 aliphatic heterocycles. The molecule has 0 saturated heterocycles. The fourth-order valence-electron chi connectivity index (χ4n) is 3.45. The molecule has 6 heteroatoms. The van der Waals surface area contributed by atoms with Crippen LogP contribution in [0.1, 0.15) is 123 Å². The van der Waals surface area contributed by atoms with Crippen LogP contribution in [0.2, 0.25) is 0 Å². The quantitative estimate of drug-likeness (QED) is 0.0877. The van der Waals surface area contributed by atoms with Crippen molar-refractivity contribution in [3.05, 3.63) is 12.2 Å². The molecule has 0 aromatic rings. The predicted octanol–water partition coefficient (Wildman–Crippen LogP) is 4.31. The molecule has 0 saturated carbocycles. The van der Waals surface area contributed by atoms with Crippen LogP contribution in [0.5, 0.6) is 0 Å². The van der Waals surface area contributed by atoms with Crippen LogP contribution in [0.25, 0.3) is 0 Å². The van der Waals surface area contributed by atoms with E-state index in [-0.39, 0.29) is 42.1 Å². The van der Waals surface area contributed by atoms with Crippen molar-refractivity contribution in [3.8, 4) is 0 Å². The van der Waals surface area contributed by atoms with Crippen LogP contribution in [0, 0.1) is 5.92 Å². The van der Waals surface area contributed by atoms with E-state index in [1.54, 1.807) is 0 Å². The summed E-state index contributed by atoms with van der Waals surface area (Å²) in [6.45, 7) is 4.41. The molecule has 0 amide bonds. The Labute approximate surface area is 203 Å². The van der Waals surface area contributed by atoms with Gasteiger partial charge in [-0.05, 0) is 19.3 Å². The third kappa shape index (κ3) is 26.6. The van der Waals surface area contributed by atoms with Crippen LogP contribution >= 0.6 is 0 Å². The van der Waals surface area contributed by atoms with Gasteiger partial charge in [0.15, 0.2) is 0 Å². The van der Waals surface area contributed by atoms with E-state index >= 15 is 0 Å². The Hall–Kier alpha value is 0.610. The SMILES string of the molecule is CCCCC/C=C/C(CCCCCCCCCCCCCC)COS(=O)(=O)[O-].[Na+]. The van der Waals surface area contributed by atoms with Crippen molar-refractivity contribution in [1.29, 1.82) is 0 Å². The predicted molar refractivity (Wildman–Crippen MR) is 118 cm³/mol. The van der Waals surface area contributed by atoms with Gasteiger partial charge in [0, 0.05) is 5.92 Å². The molecule has 1 atom stereocenters. The molecule has 1 unspecified atom stereocenters. The normalized spacial score (nSPS) is 12.9. The summed E-state index contributed by atoms with van der Waals surface area (Å²) in [7, 11) is -4.60. The smallest absolute Gasteiger partial charge is 0.726 e. The fraction of sp³-hybridized carbons (Fsp3) is 0.913. The zero-order chi connectivity index (χ0) is 20.9. The van der Waals surface area contributed by atoms with Crippen LogP contribution in [0.4, 0.5) is 0 Å². The van der Waals surface area contributed by atoms with Crippen LogP contribution in [-0.2, 0) is 14.6 Å². The molecule has 0 aromatic heterocycles. The zero-order valence-electron chi connectivity index (χ0n) is 19.5. The molecular weight excluding hydrogens is 395 g/mol. The first-order valence-corrected chi connectivity index (χ1v) is 13.1. The van der Waals surface area contributed by atoms with Crippen LogP contribution in [0.3, 0.4) is 0 Å². The van der Waals surface area contributed by atoms with Crippen molar-refractivity contribution >= 4 is 10.4 Å². The number of hydrogen-bond acceptors (Lipinski definition) is 4. The molecule has 0 aromatic carbocycles. The molecular formula is C23H45NaO4S. The molecule has 0 fully saturated rings. The third-order valence-electron chi connectivity index (χ3n) is 5.24. The summed E-state index contributed by atoms with van der Waals surface area (Å²) < 4.78 is 36.7. The van der Waals surface area contributed by atoms with Crippen LogP contribution in [-0.4, -0.2) is 19.6 Å².